The SMILES string of the molecule is CCOc1cc(-c2ccc3cc(-c4c(C5CCCCC5)c5c(n4CC(=O)N4CCC(N6CCCC6)CC4)C=C(C(=O)O)C5)ccc3n2)ccc1OC. The van der Waals surface area contributed by atoms with Crippen LogP contribution in [0.25, 0.3) is 39.5 Å². The number of amides is 1. The second kappa shape index (κ2) is 14.8. The lowest BCUT2D eigenvalue weighted by Gasteiger charge is -2.37. The standard InChI is InChI=1S/C43H50N4O5/c1-3-52-39-26-30(13-16-38(39)51-2)36-14-11-29-23-31(12-15-35(29)44-36)42-41(28-9-5-4-6-10-28)34-24-32(43(49)50)25-37(34)47(42)27-40(48)46-21-17-33(18-22-46)45-19-7-8-20-45/h11-16,23,25-26,28,33H,3-10,17-22,24,27H2,1-2H3,(H,49,50). The Bertz CT molecular complexity index is 2010. The molecule has 8 rings (SSSR count). The number of nitrogens with zero attached hydrogens (tertiary/aromatic N) is 4. The van der Waals surface area contributed by atoms with E-state index in [-0.39, 0.29) is 12.5 Å². The summed E-state index contributed by atoms with van der Waals surface area (Å²) in [5, 5.41) is 11.1. The van der Waals surface area contributed by atoms with E-state index in [9.17, 15) is 14.7 Å². The second-order valence-corrected chi connectivity index (χ2v) is 15.0. The van der Waals surface area contributed by atoms with Gasteiger partial charge in [-0.2, -0.15) is 0 Å². The fourth-order valence-corrected chi connectivity index (χ4v) is 9.27. The molecule has 272 valence electrons. The number of benzene rings is 2. The number of likely N-dealkylation sites (tertiary alicyclic amines) is 2. The van der Waals surface area contributed by atoms with Gasteiger partial charge in [-0.25, -0.2) is 9.78 Å². The number of hydrogen-bond donors (Lipinski definition) is 1. The van der Waals surface area contributed by atoms with Crippen molar-refractivity contribution >= 4 is 28.9 Å². The van der Waals surface area contributed by atoms with Crippen LogP contribution < -0.4 is 9.47 Å². The minimum Gasteiger partial charge on any atom is -0.493 e. The van der Waals surface area contributed by atoms with Gasteiger partial charge in [-0.15, -0.1) is 0 Å². The van der Waals surface area contributed by atoms with Gasteiger partial charge in [0.15, 0.2) is 11.5 Å². The van der Waals surface area contributed by atoms with Crippen molar-refractivity contribution < 1.29 is 24.2 Å². The maximum atomic E-state index is 14.2. The van der Waals surface area contributed by atoms with Crippen LogP contribution in [0.5, 0.6) is 11.5 Å². The highest BCUT2D eigenvalue weighted by molar-refractivity contribution is 5.97. The fourth-order valence-electron chi connectivity index (χ4n) is 9.27. The molecular formula is C43H50N4O5. The molecular weight excluding hydrogens is 652 g/mol. The maximum absolute atomic E-state index is 14.2. The summed E-state index contributed by atoms with van der Waals surface area (Å²) in [5.41, 5.74) is 8.43. The largest absolute Gasteiger partial charge is 0.493 e. The van der Waals surface area contributed by atoms with Crippen LogP contribution in [-0.2, 0) is 22.6 Å². The van der Waals surface area contributed by atoms with Crippen LogP contribution in [0.1, 0.15) is 87.4 Å². The number of carboxylic acid groups (broad SMARTS) is 1. The third kappa shape index (κ3) is 6.60. The molecule has 4 aliphatic rings. The first kappa shape index (κ1) is 34.5. The highest BCUT2D eigenvalue weighted by atomic mass is 16.5. The molecule has 0 spiro atoms. The first-order valence-electron chi connectivity index (χ1n) is 19.3. The van der Waals surface area contributed by atoms with E-state index in [0.717, 1.165) is 96.3 Å². The number of rotatable bonds is 10. The van der Waals surface area contributed by atoms with Crippen molar-refractivity contribution in [3.8, 4) is 34.0 Å². The van der Waals surface area contributed by atoms with E-state index in [0.29, 0.717) is 42.1 Å². The number of carbonyl (C=O) groups excluding carboxylic acids is 1. The van der Waals surface area contributed by atoms with Crippen LogP contribution in [0.15, 0.2) is 54.1 Å². The lowest BCUT2D eigenvalue weighted by molar-refractivity contribution is -0.133. The number of pyridine rings is 1. The number of ether oxygens (including phenoxy) is 2. The molecule has 0 unspecified atom stereocenters. The molecule has 3 fully saturated rings. The number of carboxylic acids is 1. The topological polar surface area (TPSA) is 97.1 Å². The van der Waals surface area contributed by atoms with Crippen molar-refractivity contribution in [1.29, 1.82) is 0 Å². The van der Waals surface area contributed by atoms with Gasteiger partial charge in [0.1, 0.15) is 6.54 Å². The number of hydrogen-bond acceptors (Lipinski definition) is 6. The van der Waals surface area contributed by atoms with Gasteiger partial charge in [-0.3, -0.25) is 4.79 Å². The van der Waals surface area contributed by atoms with E-state index < -0.39 is 5.97 Å². The van der Waals surface area contributed by atoms with E-state index in [2.05, 4.69) is 33.7 Å². The number of carbonyl (C=O) groups is 2. The van der Waals surface area contributed by atoms with Crippen LogP contribution in [0.2, 0.25) is 0 Å². The summed E-state index contributed by atoms with van der Waals surface area (Å²) >= 11 is 0. The van der Waals surface area contributed by atoms with Crippen LogP contribution in [0.3, 0.4) is 0 Å². The van der Waals surface area contributed by atoms with Crippen molar-refractivity contribution in [3.05, 3.63) is 70.9 Å². The first-order valence-corrected chi connectivity index (χ1v) is 19.3. The van der Waals surface area contributed by atoms with Gasteiger partial charge in [0.2, 0.25) is 5.91 Å². The number of methoxy groups -OCH3 is 1. The van der Waals surface area contributed by atoms with Crippen LogP contribution in [0.4, 0.5) is 0 Å². The molecule has 2 aliphatic heterocycles. The summed E-state index contributed by atoms with van der Waals surface area (Å²) in [6, 6.07) is 17.0. The number of aliphatic carboxylic acids is 1. The Balaban J connectivity index is 1.17. The summed E-state index contributed by atoms with van der Waals surface area (Å²) in [7, 11) is 1.64. The third-order valence-corrected chi connectivity index (χ3v) is 11.9. The molecule has 9 nitrogen and oxygen atoms in total. The minimum absolute atomic E-state index is 0.115. The zero-order chi connectivity index (χ0) is 35.8. The molecule has 4 heterocycles. The lowest BCUT2D eigenvalue weighted by Crippen LogP contribution is -2.46. The minimum atomic E-state index is -0.882. The zero-order valence-electron chi connectivity index (χ0n) is 30.5. The molecule has 1 N–H and O–H groups in total. The van der Waals surface area contributed by atoms with Crippen LogP contribution >= 0.6 is 0 Å². The molecule has 1 amide bonds. The quantitative estimate of drug-likeness (QED) is 0.179. The highest BCUT2D eigenvalue weighted by Crippen LogP contribution is 2.47. The van der Waals surface area contributed by atoms with Gasteiger partial charge in [0, 0.05) is 47.8 Å². The Kier molecular flexibility index (Phi) is 9.79. The zero-order valence-corrected chi connectivity index (χ0v) is 30.5. The second-order valence-electron chi connectivity index (χ2n) is 15.0. The molecule has 2 aromatic carbocycles. The van der Waals surface area contributed by atoms with E-state index in [1.807, 2.05) is 42.2 Å². The van der Waals surface area contributed by atoms with Gasteiger partial charge in [-0.1, -0.05) is 31.4 Å². The third-order valence-electron chi connectivity index (χ3n) is 11.9. The predicted molar refractivity (Wildman–Crippen MR) is 204 cm³/mol. The Morgan fingerprint density at radius 1 is 0.865 bits per heavy atom. The lowest BCUT2D eigenvalue weighted by atomic mass is 9.80. The van der Waals surface area contributed by atoms with E-state index in [1.165, 1.54) is 37.9 Å². The van der Waals surface area contributed by atoms with Gasteiger partial charge >= 0.3 is 5.97 Å². The van der Waals surface area contributed by atoms with Crippen LogP contribution in [0, 0.1) is 0 Å². The van der Waals surface area contributed by atoms with E-state index >= 15 is 0 Å². The highest BCUT2D eigenvalue weighted by Gasteiger charge is 2.35. The molecule has 2 saturated heterocycles. The normalized spacial score (nSPS) is 18.5. The van der Waals surface area contributed by atoms with Crippen molar-refractivity contribution in [2.24, 2.45) is 0 Å². The maximum Gasteiger partial charge on any atom is 0.331 e. The number of piperidine rings is 1. The summed E-state index contributed by atoms with van der Waals surface area (Å²) in [4.78, 5) is 36.2. The average molecular weight is 703 g/mol. The molecule has 4 aromatic rings. The Hall–Kier alpha value is -4.63. The fraction of sp³-hybridized carbons (Fsp3) is 0.465. The summed E-state index contributed by atoms with van der Waals surface area (Å²) in [6.07, 6.45) is 12.5. The van der Waals surface area contributed by atoms with Gasteiger partial charge in [0.05, 0.1) is 30.6 Å². The van der Waals surface area contributed by atoms with E-state index in [4.69, 9.17) is 14.5 Å². The molecule has 9 heteroatoms. The molecule has 2 aromatic heterocycles. The predicted octanol–water partition coefficient (Wildman–Crippen LogP) is 7.94. The number of fused-ring (bicyclic) bond motifs is 2. The molecule has 52 heavy (non-hydrogen) atoms. The van der Waals surface area contributed by atoms with Crippen molar-refractivity contribution in [2.45, 2.75) is 89.6 Å². The summed E-state index contributed by atoms with van der Waals surface area (Å²) in [6.45, 7) is 6.60. The van der Waals surface area contributed by atoms with Gasteiger partial charge in [0.25, 0.3) is 0 Å². The monoisotopic (exact) mass is 702 g/mol. The van der Waals surface area contributed by atoms with E-state index in [1.54, 1.807) is 7.11 Å². The average Bonchev–Trinajstić information content (AvgIpc) is 3.93. The molecule has 2 aliphatic carbocycles. The smallest absolute Gasteiger partial charge is 0.331 e. The molecule has 1 saturated carbocycles. The van der Waals surface area contributed by atoms with Crippen molar-refractivity contribution in [2.75, 3.05) is 39.9 Å². The van der Waals surface area contributed by atoms with Crippen molar-refractivity contribution in [1.82, 2.24) is 19.4 Å². The van der Waals surface area contributed by atoms with Gasteiger partial charge < -0.3 is 28.9 Å². The summed E-state index contributed by atoms with van der Waals surface area (Å²) < 4.78 is 13.5. The van der Waals surface area contributed by atoms with Gasteiger partial charge in [-0.05, 0) is 124 Å². The number of aromatic nitrogens is 2. The molecule has 0 radical (unpaired) electrons. The first-order chi connectivity index (χ1) is 25.4. The Morgan fingerprint density at radius 2 is 1.63 bits per heavy atom. The van der Waals surface area contributed by atoms with Crippen molar-refractivity contribution in [3.63, 3.8) is 0 Å². The molecule has 0 bridgehead atoms. The summed E-state index contributed by atoms with van der Waals surface area (Å²) in [5.74, 6) is 0.943. The molecule has 0 atom stereocenters. The Morgan fingerprint density at radius 3 is 2.37 bits per heavy atom. The van der Waals surface area contributed by atoms with Crippen LogP contribution in [-0.4, -0.2) is 82.3 Å². The Labute approximate surface area is 306 Å².